The molecule has 0 amide bonds. The van der Waals surface area contributed by atoms with Gasteiger partial charge in [0.2, 0.25) is 0 Å². The van der Waals surface area contributed by atoms with E-state index in [0.29, 0.717) is 5.11 Å². The molecule has 0 aliphatic carbocycles. The van der Waals surface area contributed by atoms with E-state index in [0.717, 1.165) is 25.1 Å². The molecular weight excluding hydrogens is 288 g/mol. The maximum Gasteiger partial charge on any atom is 0.170 e. The van der Waals surface area contributed by atoms with Gasteiger partial charge in [0.15, 0.2) is 5.11 Å². The van der Waals surface area contributed by atoms with Crippen LogP contribution in [-0.4, -0.2) is 11.7 Å². The van der Waals surface area contributed by atoms with Crippen molar-refractivity contribution in [1.29, 1.82) is 0 Å². The molecule has 2 rings (SSSR count). The van der Waals surface area contributed by atoms with E-state index in [1.165, 1.54) is 22.3 Å². The van der Waals surface area contributed by atoms with E-state index in [2.05, 4.69) is 73.9 Å². The van der Waals surface area contributed by atoms with Crippen molar-refractivity contribution in [3.8, 4) is 0 Å². The van der Waals surface area contributed by atoms with Crippen molar-refractivity contribution in [1.82, 2.24) is 5.32 Å². The van der Waals surface area contributed by atoms with Crippen LogP contribution in [0.1, 0.15) is 28.7 Å². The second-order valence-corrected chi connectivity index (χ2v) is 6.18. The van der Waals surface area contributed by atoms with Crippen LogP contribution in [0.3, 0.4) is 0 Å². The highest BCUT2D eigenvalue weighted by molar-refractivity contribution is 7.80. The van der Waals surface area contributed by atoms with E-state index in [9.17, 15) is 0 Å². The van der Waals surface area contributed by atoms with Crippen LogP contribution in [0.2, 0.25) is 0 Å². The SMILES string of the molecule is Cc1ccc(CCCNC(=S)Nc2ccc(C)c(C)c2)cc1. The molecular formula is C19H24N2S. The van der Waals surface area contributed by atoms with Gasteiger partial charge < -0.3 is 10.6 Å². The zero-order valence-corrected chi connectivity index (χ0v) is 14.4. The molecule has 0 spiro atoms. The van der Waals surface area contributed by atoms with Crippen molar-refractivity contribution in [2.75, 3.05) is 11.9 Å². The molecule has 2 N–H and O–H groups in total. The highest BCUT2D eigenvalue weighted by atomic mass is 32.1. The van der Waals surface area contributed by atoms with Crippen LogP contribution >= 0.6 is 12.2 Å². The van der Waals surface area contributed by atoms with E-state index in [1.54, 1.807) is 0 Å². The highest BCUT2D eigenvalue weighted by Gasteiger charge is 2.00. The van der Waals surface area contributed by atoms with Crippen LogP contribution in [0.25, 0.3) is 0 Å². The van der Waals surface area contributed by atoms with Crippen LogP contribution in [0, 0.1) is 20.8 Å². The van der Waals surface area contributed by atoms with Gasteiger partial charge >= 0.3 is 0 Å². The lowest BCUT2D eigenvalue weighted by molar-refractivity contribution is 0.777. The summed E-state index contributed by atoms with van der Waals surface area (Å²) >= 11 is 5.34. The Kier molecular flexibility index (Phi) is 5.96. The Balaban J connectivity index is 1.71. The molecule has 116 valence electrons. The van der Waals surface area contributed by atoms with Gasteiger partial charge in [-0.15, -0.1) is 0 Å². The van der Waals surface area contributed by atoms with Crippen LogP contribution in [0.15, 0.2) is 42.5 Å². The summed E-state index contributed by atoms with van der Waals surface area (Å²) in [5.41, 5.74) is 6.29. The second-order valence-electron chi connectivity index (χ2n) is 5.77. The lowest BCUT2D eigenvalue weighted by atomic mass is 10.1. The first-order valence-electron chi connectivity index (χ1n) is 7.72. The van der Waals surface area contributed by atoms with E-state index in [1.807, 2.05) is 0 Å². The number of nitrogens with one attached hydrogen (secondary N) is 2. The predicted molar refractivity (Wildman–Crippen MR) is 99.6 cm³/mol. The predicted octanol–water partition coefficient (Wildman–Crippen LogP) is 4.53. The fraction of sp³-hybridized carbons (Fsp3) is 0.316. The summed E-state index contributed by atoms with van der Waals surface area (Å²) in [5.74, 6) is 0. The van der Waals surface area contributed by atoms with Crippen molar-refractivity contribution in [2.24, 2.45) is 0 Å². The number of anilines is 1. The highest BCUT2D eigenvalue weighted by Crippen LogP contribution is 2.14. The molecule has 0 saturated heterocycles. The summed E-state index contributed by atoms with van der Waals surface area (Å²) in [5, 5.41) is 7.19. The van der Waals surface area contributed by atoms with Gasteiger partial charge in [-0.2, -0.15) is 0 Å². The summed E-state index contributed by atoms with van der Waals surface area (Å²) in [6.45, 7) is 7.21. The molecule has 2 aromatic carbocycles. The van der Waals surface area contributed by atoms with Gasteiger partial charge in [-0.25, -0.2) is 0 Å². The maximum absolute atomic E-state index is 5.34. The Bertz CT molecular complexity index is 632. The molecule has 2 aromatic rings. The fourth-order valence-electron chi connectivity index (χ4n) is 2.24. The minimum Gasteiger partial charge on any atom is -0.362 e. The molecule has 0 saturated carbocycles. The summed E-state index contributed by atoms with van der Waals surface area (Å²) in [7, 11) is 0. The molecule has 0 aromatic heterocycles. The first kappa shape index (κ1) is 16.5. The second kappa shape index (κ2) is 7.95. The number of hydrogen-bond acceptors (Lipinski definition) is 1. The molecule has 0 aliphatic rings. The molecule has 0 aliphatic heterocycles. The van der Waals surface area contributed by atoms with Gasteiger partial charge in [0, 0.05) is 12.2 Å². The smallest absolute Gasteiger partial charge is 0.170 e. The topological polar surface area (TPSA) is 24.1 Å². The number of benzene rings is 2. The summed E-state index contributed by atoms with van der Waals surface area (Å²) in [6, 6.07) is 15.0. The maximum atomic E-state index is 5.34. The number of rotatable bonds is 5. The first-order valence-corrected chi connectivity index (χ1v) is 8.13. The van der Waals surface area contributed by atoms with Crippen LogP contribution in [0.5, 0.6) is 0 Å². The van der Waals surface area contributed by atoms with Gasteiger partial charge in [-0.3, -0.25) is 0 Å². The lowest BCUT2D eigenvalue weighted by Crippen LogP contribution is -2.29. The minimum atomic E-state index is 0.687. The third-order valence-corrected chi connectivity index (χ3v) is 4.06. The Morgan fingerprint density at radius 1 is 0.955 bits per heavy atom. The van der Waals surface area contributed by atoms with Crippen molar-refractivity contribution < 1.29 is 0 Å². The lowest BCUT2D eigenvalue weighted by Gasteiger charge is -2.12. The van der Waals surface area contributed by atoms with E-state index in [-0.39, 0.29) is 0 Å². The molecule has 22 heavy (non-hydrogen) atoms. The molecule has 3 heteroatoms. The Morgan fingerprint density at radius 3 is 2.36 bits per heavy atom. The van der Waals surface area contributed by atoms with Gasteiger partial charge in [0.1, 0.15) is 0 Å². The van der Waals surface area contributed by atoms with Gasteiger partial charge in [0.25, 0.3) is 0 Å². The van der Waals surface area contributed by atoms with Crippen molar-refractivity contribution in [3.05, 3.63) is 64.7 Å². The average Bonchev–Trinajstić information content (AvgIpc) is 2.49. The Morgan fingerprint density at radius 2 is 1.68 bits per heavy atom. The number of hydrogen-bond donors (Lipinski definition) is 2. The van der Waals surface area contributed by atoms with Gasteiger partial charge in [0.05, 0.1) is 0 Å². The van der Waals surface area contributed by atoms with E-state index >= 15 is 0 Å². The molecule has 2 nitrogen and oxygen atoms in total. The normalized spacial score (nSPS) is 10.3. The van der Waals surface area contributed by atoms with Crippen LogP contribution in [0.4, 0.5) is 5.69 Å². The number of thiocarbonyl (C=S) groups is 1. The molecule has 0 bridgehead atoms. The minimum absolute atomic E-state index is 0.687. The van der Waals surface area contributed by atoms with Crippen molar-refractivity contribution >= 4 is 23.0 Å². The van der Waals surface area contributed by atoms with Crippen molar-refractivity contribution in [3.63, 3.8) is 0 Å². The molecule has 0 atom stereocenters. The van der Waals surface area contributed by atoms with Crippen LogP contribution < -0.4 is 10.6 Å². The molecule has 0 unspecified atom stereocenters. The monoisotopic (exact) mass is 312 g/mol. The zero-order valence-electron chi connectivity index (χ0n) is 13.6. The Labute approximate surface area is 139 Å². The van der Waals surface area contributed by atoms with Crippen molar-refractivity contribution in [2.45, 2.75) is 33.6 Å². The number of aryl methyl sites for hydroxylation is 4. The average molecular weight is 312 g/mol. The molecule has 0 fully saturated rings. The van der Waals surface area contributed by atoms with Crippen LogP contribution in [-0.2, 0) is 6.42 Å². The van der Waals surface area contributed by atoms with E-state index in [4.69, 9.17) is 12.2 Å². The summed E-state index contributed by atoms with van der Waals surface area (Å²) in [4.78, 5) is 0. The fourth-order valence-corrected chi connectivity index (χ4v) is 2.46. The van der Waals surface area contributed by atoms with Gasteiger partial charge in [-0.1, -0.05) is 35.9 Å². The summed E-state index contributed by atoms with van der Waals surface area (Å²) < 4.78 is 0. The zero-order chi connectivity index (χ0) is 15.9. The van der Waals surface area contributed by atoms with E-state index < -0.39 is 0 Å². The first-order chi connectivity index (χ1) is 10.5. The standard InChI is InChI=1S/C19H24N2S/c1-14-6-9-17(10-7-14)5-4-12-20-19(22)21-18-11-8-15(2)16(3)13-18/h6-11,13H,4-5,12H2,1-3H3,(H2,20,21,22). The third kappa shape index (κ3) is 5.15. The van der Waals surface area contributed by atoms with Gasteiger partial charge in [-0.05, 0) is 74.7 Å². The third-order valence-electron chi connectivity index (χ3n) is 3.81. The Hall–Kier alpha value is -1.87. The quantitative estimate of drug-likeness (QED) is 0.626. The largest absolute Gasteiger partial charge is 0.362 e. The molecule has 0 radical (unpaired) electrons. The summed E-state index contributed by atoms with van der Waals surface area (Å²) in [6.07, 6.45) is 2.14. The molecule has 0 heterocycles.